The van der Waals surface area contributed by atoms with Crippen molar-refractivity contribution >= 4 is 35.6 Å². The lowest BCUT2D eigenvalue weighted by atomic mass is 9.84. The number of guanidine groups is 1. The highest BCUT2D eigenvalue weighted by Crippen LogP contribution is 2.31. The Morgan fingerprint density at radius 2 is 2.12 bits per heavy atom. The van der Waals surface area contributed by atoms with Crippen molar-refractivity contribution < 1.29 is 9.84 Å². The fourth-order valence-corrected chi connectivity index (χ4v) is 3.14. The number of nitrogens with one attached hydrogen (secondary N) is 2. The number of aliphatic imine (C=N–C) groups is 1. The summed E-state index contributed by atoms with van der Waals surface area (Å²) in [4.78, 5) is 6.42. The van der Waals surface area contributed by atoms with Gasteiger partial charge in [0.25, 0.3) is 0 Å². The van der Waals surface area contributed by atoms with Crippen LogP contribution in [0.4, 0.5) is 5.69 Å². The van der Waals surface area contributed by atoms with Crippen molar-refractivity contribution in [1.29, 1.82) is 0 Å². The minimum absolute atomic E-state index is 0. The van der Waals surface area contributed by atoms with Gasteiger partial charge in [0.2, 0.25) is 0 Å². The SMILES string of the molecule is CN=C(NCc1ccc(N(C)C)cc1C)NCC1(CCO)CCOC1.I. The average molecular weight is 476 g/mol. The second kappa shape index (κ2) is 10.9. The summed E-state index contributed by atoms with van der Waals surface area (Å²) in [5.41, 5.74) is 3.73. The molecule has 1 unspecified atom stereocenters. The van der Waals surface area contributed by atoms with Gasteiger partial charge in [-0.15, -0.1) is 24.0 Å². The van der Waals surface area contributed by atoms with E-state index >= 15 is 0 Å². The van der Waals surface area contributed by atoms with E-state index in [2.05, 4.69) is 45.6 Å². The molecule has 1 aromatic rings. The Morgan fingerprint density at radius 3 is 2.65 bits per heavy atom. The van der Waals surface area contributed by atoms with E-state index in [0.717, 1.165) is 38.5 Å². The third-order valence-electron chi connectivity index (χ3n) is 4.97. The highest BCUT2D eigenvalue weighted by Gasteiger charge is 2.34. The zero-order valence-corrected chi connectivity index (χ0v) is 18.7. The van der Waals surface area contributed by atoms with Crippen molar-refractivity contribution in [3.8, 4) is 0 Å². The zero-order chi connectivity index (χ0) is 18.3. The van der Waals surface area contributed by atoms with Crippen LogP contribution in [0.25, 0.3) is 0 Å². The maximum Gasteiger partial charge on any atom is 0.191 e. The van der Waals surface area contributed by atoms with Crippen LogP contribution in [0.1, 0.15) is 24.0 Å². The molecule has 0 aromatic heterocycles. The standard InChI is InChI=1S/C19H32N4O2.HI/c1-15-11-17(23(3)4)6-5-16(15)12-21-18(20-2)22-13-19(7-9-24)8-10-25-14-19;/h5-6,11,24H,7-10,12-14H2,1-4H3,(H2,20,21,22);1H. The molecule has 0 bridgehead atoms. The smallest absolute Gasteiger partial charge is 0.191 e. The van der Waals surface area contributed by atoms with Crippen LogP contribution in [-0.2, 0) is 11.3 Å². The Labute approximate surface area is 174 Å². The van der Waals surface area contributed by atoms with E-state index in [-0.39, 0.29) is 36.0 Å². The third kappa shape index (κ3) is 6.28. The van der Waals surface area contributed by atoms with Gasteiger partial charge in [-0.3, -0.25) is 4.99 Å². The summed E-state index contributed by atoms with van der Waals surface area (Å²) in [6, 6.07) is 6.48. The predicted octanol–water partition coefficient (Wildman–Crippen LogP) is 2.13. The van der Waals surface area contributed by atoms with Gasteiger partial charge in [-0.25, -0.2) is 0 Å². The maximum atomic E-state index is 9.33. The van der Waals surface area contributed by atoms with Gasteiger partial charge in [0, 0.05) is 58.5 Å². The van der Waals surface area contributed by atoms with Crippen LogP contribution in [0.2, 0.25) is 0 Å². The summed E-state index contributed by atoms with van der Waals surface area (Å²) in [6.45, 7) is 5.27. The van der Waals surface area contributed by atoms with Crippen molar-refractivity contribution in [3.63, 3.8) is 0 Å². The van der Waals surface area contributed by atoms with Gasteiger partial charge in [0.05, 0.1) is 6.61 Å². The number of hydrogen-bond acceptors (Lipinski definition) is 4. The van der Waals surface area contributed by atoms with Gasteiger partial charge >= 0.3 is 0 Å². The lowest BCUT2D eigenvalue weighted by Crippen LogP contribution is -2.44. The van der Waals surface area contributed by atoms with Gasteiger partial charge in [-0.1, -0.05) is 6.07 Å². The number of aryl methyl sites for hydroxylation is 1. The van der Waals surface area contributed by atoms with E-state index in [0.29, 0.717) is 6.61 Å². The molecule has 0 amide bonds. The highest BCUT2D eigenvalue weighted by molar-refractivity contribution is 14.0. The van der Waals surface area contributed by atoms with E-state index in [1.54, 1.807) is 7.05 Å². The topological polar surface area (TPSA) is 69.1 Å². The molecule has 1 atom stereocenters. The van der Waals surface area contributed by atoms with Crippen molar-refractivity contribution in [3.05, 3.63) is 29.3 Å². The number of aliphatic hydroxyl groups excluding tert-OH is 1. The zero-order valence-electron chi connectivity index (χ0n) is 16.3. The molecule has 0 saturated carbocycles. The molecule has 1 saturated heterocycles. The molecule has 0 radical (unpaired) electrons. The fourth-order valence-electron chi connectivity index (χ4n) is 3.14. The van der Waals surface area contributed by atoms with E-state index in [4.69, 9.17) is 4.74 Å². The van der Waals surface area contributed by atoms with Crippen molar-refractivity contribution in [2.24, 2.45) is 10.4 Å². The van der Waals surface area contributed by atoms with Crippen LogP contribution in [0.15, 0.2) is 23.2 Å². The number of nitrogens with zero attached hydrogens (tertiary/aromatic N) is 2. The Kier molecular flexibility index (Phi) is 9.67. The number of aliphatic hydroxyl groups is 1. The average Bonchev–Trinajstić information content (AvgIpc) is 3.05. The van der Waals surface area contributed by atoms with Gasteiger partial charge in [0.1, 0.15) is 0 Å². The molecule has 26 heavy (non-hydrogen) atoms. The first-order chi connectivity index (χ1) is 12.0. The Morgan fingerprint density at radius 1 is 1.35 bits per heavy atom. The number of benzene rings is 1. The molecular weight excluding hydrogens is 443 g/mol. The summed E-state index contributed by atoms with van der Waals surface area (Å²) in [5, 5.41) is 16.1. The molecule has 1 aromatic carbocycles. The molecule has 0 spiro atoms. The summed E-state index contributed by atoms with van der Waals surface area (Å²) < 4.78 is 5.54. The van der Waals surface area contributed by atoms with Crippen LogP contribution in [-0.4, -0.2) is 58.6 Å². The van der Waals surface area contributed by atoms with E-state index in [9.17, 15) is 5.11 Å². The minimum Gasteiger partial charge on any atom is -0.396 e. The van der Waals surface area contributed by atoms with Crippen molar-refractivity contribution in [1.82, 2.24) is 10.6 Å². The van der Waals surface area contributed by atoms with Gasteiger partial charge < -0.3 is 25.4 Å². The van der Waals surface area contributed by atoms with Crippen LogP contribution in [0.5, 0.6) is 0 Å². The Bertz CT molecular complexity index is 587. The minimum atomic E-state index is 0. The van der Waals surface area contributed by atoms with Gasteiger partial charge in [0.15, 0.2) is 5.96 Å². The van der Waals surface area contributed by atoms with Crippen LogP contribution in [0.3, 0.4) is 0 Å². The first kappa shape index (κ1) is 23.0. The molecule has 1 aliphatic rings. The highest BCUT2D eigenvalue weighted by atomic mass is 127. The second-order valence-electron chi connectivity index (χ2n) is 7.06. The van der Waals surface area contributed by atoms with Gasteiger partial charge in [-0.2, -0.15) is 0 Å². The van der Waals surface area contributed by atoms with Crippen molar-refractivity contribution in [2.45, 2.75) is 26.3 Å². The molecule has 1 aliphatic heterocycles. The normalized spacial score (nSPS) is 19.8. The molecule has 0 aliphatic carbocycles. The molecular formula is C19H33IN4O2. The lowest BCUT2D eigenvalue weighted by molar-refractivity contribution is 0.127. The molecule has 2 rings (SSSR count). The molecule has 7 heteroatoms. The first-order valence-electron chi connectivity index (χ1n) is 8.90. The number of anilines is 1. The maximum absolute atomic E-state index is 9.33. The Balaban J connectivity index is 0.00000338. The van der Waals surface area contributed by atoms with Crippen molar-refractivity contribution in [2.75, 3.05) is 52.4 Å². The molecule has 1 fully saturated rings. The second-order valence-corrected chi connectivity index (χ2v) is 7.06. The number of hydrogen-bond donors (Lipinski definition) is 3. The molecule has 148 valence electrons. The molecule has 1 heterocycles. The molecule has 3 N–H and O–H groups in total. The monoisotopic (exact) mass is 476 g/mol. The van der Waals surface area contributed by atoms with Crippen LogP contribution in [0, 0.1) is 12.3 Å². The van der Waals surface area contributed by atoms with E-state index in [1.165, 1.54) is 16.8 Å². The van der Waals surface area contributed by atoms with E-state index in [1.807, 2.05) is 14.1 Å². The summed E-state index contributed by atoms with van der Waals surface area (Å²) in [5.74, 6) is 0.778. The first-order valence-corrected chi connectivity index (χ1v) is 8.90. The Hall–Kier alpha value is -1.06. The summed E-state index contributed by atoms with van der Waals surface area (Å²) >= 11 is 0. The summed E-state index contributed by atoms with van der Waals surface area (Å²) in [6.07, 6.45) is 1.73. The molecule has 6 nitrogen and oxygen atoms in total. The number of halogens is 1. The number of rotatable bonds is 7. The quantitative estimate of drug-likeness (QED) is 0.320. The predicted molar refractivity (Wildman–Crippen MR) is 119 cm³/mol. The third-order valence-corrected chi connectivity index (χ3v) is 4.97. The fraction of sp³-hybridized carbons (Fsp3) is 0.632. The number of ether oxygens (including phenoxy) is 1. The van der Waals surface area contributed by atoms with Crippen LogP contribution >= 0.6 is 24.0 Å². The largest absolute Gasteiger partial charge is 0.396 e. The lowest BCUT2D eigenvalue weighted by Gasteiger charge is -2.27. The van der Waals surface area contributed by atoms with E-state index < -0.39 is 0 Å². The summed E-state index contributed by atoms with van der Waals surface area (Å²) in [7, 11) is 5.88. The van der Waals surface area contributed by atoms with Gasteiger partial charge in [-0.05, 0) is 43.0 Å². The van der Waals surface area contributed by atoms with Crippen LogP contribution < -0.4 is 15.5 Å².